The lowest BCUT2D eigenvalue weighted by Gasteiger charge is -2.21. The van der Waals surface area contributed by atoms with Crippen LogP contribution in [0, 0.1) is 0 Å². The zero-order valence-electron chi connectivity index (χ0n) is 18.5. The molecular weight excluding hydrogens is 393 g/mol. The molecule has 2 aliphatic heterocycles. The monoisotopic (exact) mass is 425 g/mol. The Labute approximate surface area is 180 Å². The van der Waals surface area contributed by atoms with Gasteiger partial charge in [0.05, 0.1) is 5.30 Å². The summed E-state index contributed by atoms with van der Waals surface area (Å²) in [4.78, 5) is 2.07. The van der Waals surface area contributed by atoms with Crippen molar-refractivity contribution in [2.75, 3.05) is 25.8 Å². The quantitative estimate of drug-likeness (QED) is 0.494. The van der Waals surface area contributed by atoms with E-state index in [2.05, 4.69) is 36.9 Å². The number of allylic oxidation sites excluding steroid dienone is 2. The molecule has 0 N–H and O–H groups in total. The first-order valence-corrected chi connectivity index (χ1v) is 12.8. The van der Waals surface area contributed by atoms with Gasteiger partial charge in [0.1, 0.15) is 0 Å². The SMILES string of the molecule is CCCCC1=C(CCCC)P(=O)(c2ccc(N(C)C)cc2)c2c1ccc1c2OCO1. The third-order valence-electron chi connectivity index (χ3n) is 6.16. The Kier molecular flexibility index (Phi) is 5.97. The van der Waals surface area contributed by atoms with Gasteiger partial charge in [0.2, 0.25) is 6.79 Å². The molecule has 5 heteroatoms. The van der Waals surface area contributed by atoms with Gasteiger partial charge in [0, 0.05) is 30.4 Å². The highest BCUT2D eigenvalue weighted by Crippen LogP contribution is 2.65. The van der Waals surface area contributed by atoms with Crippen LogP contribution in [-0.4, -0.2) is 20.9 Å². The number of rotatable bonds is 8. The van der Waals surface area contributed by atoms with Crippen LogP contribution >= 0.6 is 7.14 Å². The fourth-order valence-corrected chi connectivity index (χ4v) is 8.03. The summed E-state index contributed by atoms with van der Waals surface area (Å²) in [6.45, 7) is 4.60. The second-order valence-electron chi connectivity index (χ2n) is 8.35. The van der Waals surface area contributed by atoms with Crippen molar-refractivity contribution < 1.29 is 14.0 Å². The third kappa shape index (κ3) is 3.36. The van der Waals surface area contributed by atoms with E-state index in [0.717, 1.165) is 65.7 Å². The van der Waals surface area contributed by atoms with Crippen LogP contribution in [0.3, 0.4) is 0 Å². The maximum atomic E-state index is 15.1. The second-order valence-corrected chi connectivity index (χ2v) is 11.1. The number of ether oxygens (including phenoxy) is 2. The Bertz CT molecular complexity index is 1010. The van der Waals surface area contributed by atoms with Crippen molar-refractivity contribution in [2.45, 2.75) is 52.4 Å². The highest BCUT2D eigenvalue weighted by Gasteiger charge is 2.45. The molecule has 2 heterocycles. The summed E-state index contributed by atoms with van der Waals surface area (Å²) < 4.78 is 26.6. The Morgan fingerprint density at radius 3 is 2.30 bits per heavy atom. The lowest BCUT2D eigenvalue weighted by molar-refractivity contribution is 0.174. The molecular formula is C25H32NO3P. The number of anilines is 1. The van der Waals surface area contributed by atoms with E-state index in [1.807, 2.05) is 32.3 Å². The minimum absolute atomic E-state index is 0.194. The fourth-order valence-electron chi connectivity index (χ4n) is 4.52. The van der Waals surface area contributed by atoms with Gasteiger partial charge in [0.25, 0.3) is 0 Å². The molecule has 4 rings (SSSR count). The molecule has 0 saturated heterocycles. The third-order valence-corrected chi connectivity index (χ3v) is 9.51. The van der Waals surface area contributed by atoms with Crippen molar-refractivity contribution in [2.24, 2.45) is 0 Å². The maximum Gasteiger partial charge on any atom is 0.231 e. The maximum absolute atomic E-state index is 15.1. The number of nitrogens with zero attached hydrogens (tertiary/aromatic N) is 1. The highest BCUT2D eigenvalue weighted by molar-refractivity contribution is 7.83. The van der Waals surface area contributed by atoms with Crippen LogP contribution < -0.4 is 25.0 Å². The molecule has 0 radical (unpaired) electrons. The van der Waals surface area contributed by atoms with Crippen LogP contribution in [0.4, 0.5) is 5.69 Å². The second kappa shape index (κ2) is 8.51. The molecule has 2 aliphatic rings. The van der Waals surface area contributed by atoms with E-state index in [0.29, 0.717) is 11.5 Å². The molecule has 160 valence electrons. The van der Waals surface area contributed by atoms with E-state index in [4.69, 9.17) is 9.47 Å². The zero-order chi connectivity index (χ0) is 21.3. The average molecular weight is 426 g/mol. The van der Waals surface area contributed by atoms with Gasteiger partial charge in [-0.2, -0.15) is 0 Å². The molecule has 2 aromatic carbocycles. The number of hydrogen-bond acceptors (Lipinski definition) is 4. The molecule has 2 aromatic rings. The molecule has 0 bridgehead atoms. The first-order valence-electron chi connectivity index (χ1n) is 11.1. The number of benzene rings is 2. The van der Waals surface area contributed by atoms with Crippen molar-refractivity contribution in [1.82, 2.24) is 0 Å². The summed E-state index contributed by atoms with van der Waals surface area (Å²) in [5.74, 6) is 1.40. The molecule has 0 saturated carbocycles. The number of fused-ring (bicyclic) bond motifs is 3. The smallest absolute Gasteiger partial charge is 0.231 e. The summed E-state index contributed by atoms with van der Waals surface area (Å²) >= 11 is 0. The Morgan fingerprint density at radius 1 is 0.933 bits per heavy atom. The van der Waals surface area contributed by atoms with Gasteiger partial charge in [-0.25, -0.2) is 0 Å². The first-order chi connectivity index (χ1) is 14.5. The summed E-state index contributed by atoms with van der Waals surface area (Å²) in [7, 11) is 1.06. The summed E-state index contributed by atoms with van der Waals surface area (Å²) in [6.07, 6.45) is 6.16. The van der Waals surface area contributed by atoms with E-state index in [9.17, 15) is 0 Å². The molecule has 1 unspecified atom stereocenters. The van der Waals surface area contributed by atoms with Gasteiger partial charge >= 0.3 is 0 Å². The van der Waals surface area contributed by atoms with Crippen molar-refractivity contribution in [3.05, 3.63) is 47.3 Å². The normalized spacial score (nSPS) is 19.3. The summed E-state index contributed by atoms with van der Waals surface area (Å²) in [5, 5.41) is 2.90. The zero-order valence-corrected chi connectivity index (χ0v) is 19.4. The van der Waals surface area contributed by atoms with Gasteiger partial charge in [-0.15, -0.1) is 0 Å². The van der Waals surface area contributed by atoms with Crippen LogP contribution in [0.1, 0.15) is 57.9 Å². The molecule has 4 nitrogen and oxygen atoms in total. The predicted molar refractivity (Wildman–Crippen MR) is 126 cm³/mol. The summed E-state index contributed by atoms with van der Waals surface area (Å²) in [5.41, 5.74) is 3.49. The number of unbranched alkanes of at least 4 members (excludes halogenated alkanes) is 2. The van der Waals surface area contributed by atoms with Crippen LogP contribution in [0.5, 0.6) is 11.5 Å². The molecule has 0 spiro atoms. The molecule has 0 fully saturated rings. The van der Waals surface area contributed by atoms with Crippen LogP contribution in [0.25, 0.3) is 5.57 Å². The minimum atomic E-state index is -2.98. The predicted octanol–water partition coefficient (Wildman–Crippen LogP) is 5.90. The van der Waals surface area contributed by atoms with Crippen LogP contribution in [-0.2, 0) is 4.57 Å². The van der Waals surface area contributed by atoms with E-state index in [1.54, 1.807) is 0 Å². The molecule has 0 amide bonds. The Balaban J connectivity index is 1.94. The van der Waals surface area contributed by atoms with Gasteiger partial charge in [0.15, 0.2) is 18.6 Å². The average Bonchev–Trinajstić information content (AvgIpc) is 3.32. The fraction of sp³-hybridized carbons (Fsp3) is 0.440. The van der Waals surface area contributed by atoms with Crippen LogP contribution in [0.2, 0.25) is 0 Å². The van der Waals surface area contributed by atoms with Crippen molar-refractivity contribution >= 4 is 29.0 Å². The molecule has 0 aromatic heterocycles. The Morgan fingerprint density at radius 2 is 1.63 bits per heavy atom. The largest absolute Gasteiger partial charge is 0.454 e. The van der Waals surface area contributed by atoms with Crippen molar-refractivity contribution in [3.8, 4) is 11.5 Å². The lowest BCUT2D eigenvalue weighted by atomic mass is 9.98. The van der Waals surface area contributed by atoms with E-state index in [1.165, 1.54) is 5.57 Å². The lowest BCUT2D eigenvalue weighted by Crippen LogP contribution is -2.18. The standard InChI is InChI=1S/C25H32NO3P/c1-5-7-9-20-21-15-16-22-24(29-17-28-22)25(21)30(27,23(20)10-8-6-2)19-13-11-18(12-14-19)26(3)4/h11-16H,5-10,17H2,1-4H3. The van der Waals surface area contributed by atoms with E-state index in [-0.39, 0.29) is 6.79 Å². The summed E-state index contributed by atoms with van der Waals surface area (Å²) in [6, 6.07) is 12.3. The first kappa shape index (κ1) is 21.1. The van der Waals surface area contributed by atoms with E-state index >= 15 is 4.57 Å². The topological polar surface area (TPSA) is 38.8 Å². The minimum Gasteiger partial charge on any atom is -0.454 e. The number of hydrogen-bond donors (Lipinski definition) is 0. The van der Waals surface area contributed by atoms with Gasteiger partial charge in [-0.3, -0.25) is 0 Å². The van der Waals surface area contributed by atoms with Gasteiger partial charge in [-0.1, -0.05) is 26.7 Å². The Hall–Kier alpha value is -2.19. The van der Waals surface area contributed by atoms with Crippen LogP contribution in [0.15, 0.2) is 41.7 Å². The molecule has 1 atom stereocenters. The van der Waals surface area contributed by atoms with E-state index < -0.39 is 7.14 Å². The molecule has 30 heavy (non-hydrogen) atoms. The van der Waals surface area contributed by atoms with Gasteiger partial charge < -0.3 is 18.9 Å². The van der Waals surface area contributed by atoms with Crippen molar-refractivity contribution in [1.29, 1.82) is 0 Å². The van der Waals surface area contributed by atoms with Gasteiger partial charge in [-0.05, 0) is 73.2 Å². The highest BCUT2D eigenvalue weighted by atomic mass is 31.2. The molecule has 0 aliphatic carbocycles. The van der Waals surface area contributed by atoms with Crippen molar-refractivity contribution in [3.63, 3.8) is 0 Å².